The molecule has 2 aliphatic carbocycles. The zero-order valence-electron chi connectivity index (χ0n) is 19.3. The Labute approximate surface area is 186 Å². The second kappa shape index (κ2) is 7.04. The number of allylic oxidation sites excluding steroid dienone is 3. The van der Waals surface area contributed by atoms with Gasteiger partial charge in [-0.25, -0.2) is 0 Å². The van der Waals surface area contributed by atoms with Crippen LogP contribution in [0.2, 0.25) is 0 Å². The van der Waals surface area contributed by atoms with Crippen LogP contribution < -0.4 is 9.64 Å². The van der Waals surface area contributed by atoms with Crippen LogP contribution in [0.4, 0.5) is 11.4 Å². The fraction of sp³-hybridized carbons (Fsp3) is 0.345. The van der Waals surface area contributed by atoms with E-state index in [0.29, 0.717) is 0 Å². The molecule has 0 saturated carbocycles. The van der Waals surface area contributed by atoms with E-state index in [1.807, 2.05) is 0 Å². The Morgan fingerprint density at radius 1 is 1.10 bits per heavy atom. The molecule has 0 spiro atoms. The molecule has 0 saturated heterocycles. The van der Waals surface area contributed by atoms with Gasteiger partial charge in [-0.2, -0.15) is 0 Å². The van der Waals surface area contributed by atoms with E-state index >= 15 is 0 Å². The maximum absolute atomic E-state index is 6.60. The van der Waals surface area contributed by atoms with E-state index in [1.165, 1.54) is 16.7 Å². The van der Waals surface area contributed by atoms with Gasteiger partial charge in [-0.3, -0.25) is 0 Å². The summed E-state index contributed by atoms with van der Waals surface area (Å²) in [5.41, 5.74) is 11.1. The number of hydrogen-bond acceptors (Lipinski definition) is 2. The first kappa shape index (κ1) is 20.0. The lowest BCUT2D eigenvalue weighted by Crippen LogP contribution is -2.33. The number of fused-ring (bicyclic) bond motifs is 2. The smallest absolute Gasteiger partial charge is 0.152 e. The highest BCUT2D eigenvalue weighted by Crippen LogP contribution is 2.51. The Morgan fingerprint density at radius 3 is 2.58 bits per heavy atom. The van der Waals surface area contributed by atoms with Crippen LogP contribution >= 0.6 is 0 Å². The zero-order valence-corrected chi connectivity index (χ0v) is 19.3. The minimum Gasteiger partial charge on any atom is -0.453 e. The van der Waals surface area contributed by atoms with E-state index < -0.39 is 0 Å². The average Bonchev–Trinajstić information content (AvgIpc) is 2.95. The molecule has 31 heavy (non-hydrogen) atoms. The van der Waals surface area contributed by atoms with E-state index in [1.54, 1.807) is 0 Å². The van der Waals surface area contributed by atoms with Gasteiger partial charge in [-0.15, -0.1) is 5.73 Å². The normalized spacial score (nSPS) is 18.4. The van der Waals surface area contributed by atoms with Crippen LogP contribution in [0, 0.1) is 5.41 Å². The van der Waals surface area contributed by atoms with Crippen molar-refractivity contribution < 1.29 is 4.74 Å². The molecule has 5 rings (SSSR count). The summed E-state index contributed by atoms with van der Waals surface area (Å²) in [6, 6.07) is 15.2. The average molecular weight is 410 g/mol. The van der Waals surface area contributed by atoms with Gasteiger partial charge in [0.25, 0.3) is 0 Å². The zero-order chi connectivity index (χ0) is 21.8. The van der Waals surface area contributed by atoms with Crippen LogP contribution in [-0.2, 0) is 11.8 Å². The van der Waals surface area contributed by atoms with E-state index in [0.717, 1.165) is 47.8 Å². The summed E-state index contributed by atoms with van der Waals surface area (Å²) in [4.78, 5) is 2.33. The van der Waals surface area contributed by atoms with Crippen LogP contribution in [-0.4, -0.2) is 0 Å². The molecule has 1 aliphatic heterocycles. The second-order valence-electron chi connectivity index (χ2n) is 10.2. The van der Waals surface area contributed by atoms with Gasteiger partial charge in [0.2, 0.25) is 0 Å². The van der Waals surface area contributed by atoms with Crippen molar-refractivity contribution >= 4 is 11.4 Å². The highest BCUT2D eigenvalue weighted by Gasteiger charge is 2.38. The molecule has 3 aliphatic rings. The number of nitrogens with zero attached hydrogens (tertiary/aromatic N) is 1. The maximum Gasteiger partial charge on any atom is 0.152 e. The van der Waals surface area contributed by atoms with Gasteiger partial charge in [0.05, 0.1) is 11.4 Å². The summed E-state index contributed by atoms with van der Waals surface area (Å²) < 4.78 is 6.60. The van der Waals surface area contributed by atoms with Crippen LogP contribution in [0.1, 0.15) is 58.6 Å². The van der Waals surface area contributed by atoms with Gasteiger partial charge in [0, 0.05) is 11.8 Å². The highest BCUT2D eigenvalue weighted by atomic mass is 16.5. The Kier molecular flexibility index (Phi) is 4.53. The lowest BCUT2D eigenvalue weighted by Gasteiger charge is -2.41. The summed E-state index contributed by atoms with van der Waals surface area (Å²) in [5, 5.41) is 0. The Balaban J connectivity index is 1.69. The number of para-hydroxylation sites is 1. The molecule has 2 aromatic carbocycles. The molecular weight excluding hydrogens is 378 g/mol. The van der Waals surface area contributed by atoms with E-state index in [-0.39, 0.29) is 10.8 Å². The van der Waals surface area contributed by atoms with Crippen molar-refractivity contribution in [3.63, 3.8) is 0 Å². The fourth-order valence-electron chi connectivity index (χ4n) is 5.17. The largest absolute Gasteiger partial charge is 0.453 e. The first-order valence-corrected chi connectivity index (χ1v) is 11.4. The maximum atomic E-state index is 6.60. The van der Waals surface area contributed by atoms with E-state index in [9.17, 15) is 0 Å². The molecule has 0 N–H and O–H groups in total. The summed E-state index contributed by atoms with van der Waals surface area (Å²) >= 11 is 0. The summed E-state index contributed by atoms with van der Waals surface area (Å²) in [6.07, 6.45) is 9.80. The van der Waals surface area contributed by atoms with Gasteiger partial charge in [-0.1, -0.05) is 59.2 Å². The summed E-state index contributed by atoms with van der Waals surface area (Å²) in [6.45, 7) is 11.5. The molecule has 0 amide bonds. The Hall–Kier alpha value is -2.96. The van der Waals surface area contributed by atoms with Crippen molar-refractivity contribution in [2.75, 3.05) is 4.90 Å². The van der Waals surface area contributed by atoms with E-state index in [2.05, 4.69) is 106 Å². The molecule has 2 nitrogen and oxygen atoms in total. The number of hydrogen-bond donors (Lipinski definition) is 0. The highest BCUT2D eigenvalue weighted by molar-refractivity contribution is 5.80. The lowest BCUT2D eigenvalue weighted by atomic mass is 9.66. The molecule has 2 heteroatoms. The first-order valence-electron chi connectivity index (χ1n) is 11.4. The Morgan fingerprint density at radius 2 is 1.87 bits per heavy atom. The molecule has 2 aromatic rings. The van der Waals surface area contributed by atoms with Crippen molar-refractivity contribution in [3.05, 3.63) is 94.6 Å². The second-order valence-corrected chi connectivity index (χ2v) is 10.2. The minimum atomic E-state index is 0.0711. The first-order chi connectivity index (χ1) is 14.8. The van der Waals surface area contributed by atoms with Crippen LogP contribution in [0.15, 0.2) is 83.5 Å². The molecule has 0 fully saturated rings. The van der Waals surface area contributed by atoms with Crippen molar-refractivity contribution in [3.8, 4) is 5.75 Å². The molecule has 1 heterocycles. The van der Waals surface area contributed by atoms with Crippen LogP contribution in [0.5, 0.6) is 5.75 Å². The predicted octanol–water partition coefficient (Wildman–Crippen LogP) is 7.74. The monoisotopic (exact) mass is 409 g/mol. The third-order valence-electron chi connectivity index (χ3n) is 6.92. The minimum absolute atomic E-state index is 0.0711. The molecular formula is C29H31NO. The van der Waals surface area contributed by atoms with Crippen molar-refractivity contribution in [2.24, 2.45) is 5.41 Å². The molecule has 158 valence electrons. The Bertz CT molecular complexity index is 1170. The lowest BCUT2D eigenvalue weighted by molar-refractivity contribution is 0.397. The number of rotatable bonds is 4. The van der Waals surface area contributed by atoms with Crippen molar-refractivity contribution in [1.82, 2.24) is 0 Å². The fourth-order valence-corrected chi connectivity index (χ4v) is 5.17. The number of benzene rings is 2. The molecule has 0 bridgehead atoms. The summed E-state index contributed by atoms with van der Waals surface area (Å²) in [5.74, 6) is 1.84. The molecule has 0 unspecified atom stereocenters. The third kappa shape index (κ3) is 3.27. The predicted molar refractivity (Wildman–Crippen MR) is 129 cm³/mol. The summed E-state index contributed by atoms with van der Waals surface area (Å²) in [7, 11) is 0. The van der Waals surface area contributed by atoms with Gasteiger partial charge < -0.3 is 9.64 Å². The van der Waals surface area contributed by atoms with Crippen molar-refractivity contribution in [2.45, 2.75) is 59.3 Å². The quantitative estimate of drug-likeness (QED) is 0.479. The van der Waals surface area contributed by atoms with Crippen LogP contribution in [0.3, 0.4) is 0 Å². The topological polar surface area (TPSA) is 12.5 Å². The van der Waals surface area contributed by atoms with Gasteiger partial charge in [0.1, 0.15) is 0 Å². The van der Waals surface area contributed by atoms with Crippen LogP contribution in [0.25, 0.3) is 0 Å². The van der Waals surface area contributed by atoms with E-state index in [4.69, 9.17) is 4.74 Å². The molecule has 0 radical (unpaired) electrons. The standard InChI is InChI=1S/C29H31NO/c1-6-15-28(2,3)21-11-10-14-24-26(17-21)31-27-18-23-20(19-29(23,4)5)16-25(27)30(24)22-12-8-7-9-13-22/h7-9,11-14,16-18H,6,15,19H2,1-5H3. The number of ether oxygens (including phenoxy) is 1. The van der Waals surface area contributed by atoms with Gasteiger partial charge in [-0.05, 0) is 76.8 Å². The molecule has 0 aromatic heterocycles. The third-order valence-corrected chi connectivity index (χ3v) is 6.92. The van der Waals surface area contributed by atoms with Crippen molar-refractivity contribution in [1.29, 1.82) is 0 Å². The molecule has 0 atom stereocenters. The SMILES string of the molecule is CCCC(C)(C)C1=CC2=C(C=C=C1)N(c1ccccc1)c1cc3c(cc1O2)C(C)(C)C3. The van der Waals surface area contributed by atoms with Gasteiger partial charge in [0.15, 0.2) is 11.5 Å². The van der Waals surface area contributed by atoms with Gasteiger partial charge >= 0.3 is 0 Å². The number of anilines is 2.